The lowest BCUT2D eigenvalue weighted by molar-refractivity contribution is 0.268. The number of sulfonamides is 1. The van der Waals surface area contributed by atoms with Crippen molar-refractivity contribution in [1.82, 2.24) is 9.62 Å². The van der Waals surface area contributed by atoms with Crippen LogP contribution in [0, 0.1) is 5.92 Å². The van der Waals surface area contributed by atoms with Crippen molar-refractivity contribution in [2.45, 2.75) is 24.7 Å². The van der Waals surface area contributed by atoms with E-state index in [1.807, 2.05) is 0 Å². The molecular formula is C14H20Cl2N2O2S. The molecule has 2 rings (SSSR count). The van der Waals surface area contributed by atoms with Crippen LogP contribution in [-0.4, -0.2) is 38.9 Å². The zero-order valence-electron chi connectivity index (χ0n) is 12.0. The maximum Gasteiger partial charge on any atom is 0.244 e. The van der Waals surface area contributed by atoms with Gasteiger partial charge in [-0.25, -0.2) is 8.42 Å². The molecule has 1 aliphatic rings. The van der Waals surface area contributed by atoms with Crippen LogP contribution in [0.15, 0.2) is 23.1 Å². The molecule has 1 heterocycles. The Morgan fingerprint density at radius 3 is 2.57 bits per heavy atom. The minimum absolute atomic E-state index is 0.0989. The maximum atomic E-state index is 12.6. The minimum atomic E-state index is -3.56. The molecule has 1 fully saturated rings. The molecule has 0 unspecified atom stereocenters. The standard InChI is InChI=1S/C14H20Cl2N2O2S/c1-2-17-10-11-6-8-18(9-7-11)21(19,20)13-5-3-4-12(15)14(13)16/h3-5,11,17H,2,6-10H2,1H3. The second kappa shape index (κ2) is 7.29. The fraction of sp³-hybridized carbons (Fsp3) is 0.571. The number of piperidine rings is 1. The summed E-state index contributed by atoms with van der Waals surface area (Å²) in [5, 5.41) is 3.68. The van der Waals surface area contributed by atoms with Crippen LogP contribution in [0.1, 0.15) is 19.8 Å². The van der Waals surface area contributed by atoms with Crippen molar-refractivity contribution < 1.29 is 8.42 Å². The largest absolute Gasteiger partial charge is 0.317 e. The Morgan fingerprint density at radius 2 is 1.95 bits per heavy atom. The van der Waals surface area contributed by atoms with Crippen molar-refractivity contribution in [3.63, 3.8) is 0 Å². The molecule has 0 spiro atoms. The summed E-state index contributed by atoms with van der Waals surface area (Å²) in [5.74, 6) is 0.534. The number of nitrogens with one attached hydrogen (secondary N) is 1. The van der Waals surface area contributed by atoms with E-state index in [1.165, 1.54) is 10.4 Å². The number of halogens is 2. The van der Waals surface area contributed by atoms with Crippen LogP contribution >= 0.6 is 23.2 Å². The van der Waals surface area contributed by atoms with Crippen LogP contribution in [0.25, 0.3) is 0 Å². The fourth-order valence-electron chi connectivity index (χ4n) is 2.52. The lowest BCUT2D eigenvalue weighted by Crippen LogP contribution is -2.40. The third kappa shape index (κ3) is 3.90. The van der Waals surface area contributed by atoms with Crippen LogP contribution in [0.3, 0.4) is 0 Å². The Hall–Kier alpha value is -0.330. The normalized spacial score (nSPS) is 18.0. The van der Waals surface area contributed by atoms with Crippen LogP contribution in [-0.2, 0) is 10.0 Å². The summed E-state index contributed by atoms with van der Waals surface area (Å²) in [7, 11) is -3.56. The topological polar surface area (TPSA) is 49.4 Å². The quantitative estimate of drug-likeness (QED) is 0.887. The molecule has 0 amide bonds. The first-order chi connectivity index (χ1) is 9.96. The summed E-state index contributed by atoms with van der Waals surface area (Å²) in [6.45, 7) is 5.02. The van der Waals surface area contributed by atoms with E-state index in [2.05, 4.69) is 12.2 Å². The summed E-state index contributed by atoms with van der Waals surface area (Å²) >= 11 is 12.0. The predicted octanol–water partition coefficient (Wildman–Crippen LogP) is 3.00. The number of hydrogen-bond acceptors (Lipinski definition) is 3. The van der Waals surface area contributed by atoms with E-state index in [0.717, 1.165) is 25.9 Å². The van der Waals surface area contributed by atoms with E-state index >= 15 is 0 Å². The summed E-state index contributed by atoms with van der Waals surface area (Å²) in [6.07, 6.45) is 1.73. The van der Waals surface area contributed by atoms with Crippen molar-refractivity contribution in [2.24, 2.45) is 5.92 Å². The molecule has 0 saturated carbocycles. The molecule has 1 saturated heterocycles. The second-order valence-electron chi connectivity index (χ2n) is 5.21. The zero-order chi connectivity index (χ0) is 15.5. The van der Waals surface area contributed by atoms with Crippen LogP contribution in [0.2, 0.25) is 10.0 Å². The molecule has 0 bridgehead atoms. The SMILES string of the molecule is CCNCC1CCN(S(=O)(=O)c2cccc(Cl)c2Cl)CC1. The van der Waals surface area contributed by atoms with Crippen molar-refractivity contribution in [3.05, 3.63) is 28.2 Å². The third-order valence-electron chi connectivity index (χ3n) is 3.79. The Labute approximate surface area is 136 Å². The van der Waals surface area contributed by atoms with E-state index in [-0.39, 0.29) is 14.9 Å². The Bertz CT molecular complexity index is 585. The third-order valence-corrected chi connectivity index (χ3v) is 6.66. The number of benzene rings is 1. The molecule has 1 N–H and O–H groups in total. The Kier molecular flexibility index (Phi) is 5.91. The first-order valence-electron chi connectivity index (χ1n) is 7.11. The fourth-order valence-corrected chi connectivity index (χ4v) is 4.73. The molecule has 0 radical (unpaired) electrons. The second-order valence-corrected chi connectivity index (χ2v) is 7.90. The van der Waals surface area contributed by atoms with Crippen LogP contribution in [0.4, 0.5) is 0 Å². The molecule has 21 heavy (non-hydrogen) atoms. The molecule has 0 aliphatic carbocycles. The smallest absolute Gasteiger partial charge is 0.244 e. The Morgan fingerprint density at radius 1 is 1.29 bits per heavy atom. The summed E-state index contributed by atoms with van der Waals surface area (Å²) in [4.78, 5) is 0.0989. The van der Waals surface area contributed by atoms with E-state index in [0.29, 0.717) is 19.0 Å². The van der Waals surface area contributed by atoms with Crippen molar-refractivity contribution in [2.75, 3.05) is 26.2 Å². The average Bonchev–Trinajstić information content (AvgIpc) is 2.48. The van der Waals surface area contributed by atoms with Gasteiger partial charge in [-0.3, -0.25) is 0 Å². The zero-order valence-corrected chi connectivity index (χ0v) is 14.3. The highest BCUT2D eigenvalue weighted by Crippen LogP contribution is 2.32. The molecule has 118 valence electrons. The van der Waals surface area contributed by atoms with E-state index in [1.54, 1.807) is 12.1 Å². The van der Waals surface area contributed by atoms with Gasteiger partial charge in [0.05, 0.1) is 10.0 Å². The van der Waals surface area contributed by atoms with E-state index < -0.39 is 10.0 Å². The number of hydrogen-bond donors (Lipinski definition) is 1. The molecule has 4 nitrogen and oxygen atoms in total. The average molecular weight is 351 g/mol. The van der Waals surface area contributed by atoms with E-state index in [9.17, 15) is 8.42 Å². The lowest BCUT2D eigenvalue weighted by Gasteiger charge is -2.31. The van der Waals surface area contributed by atoms with E-state index in [4.69, 9.17) is 23.2 Å². The molecule has 7 heteroatoms. The first kappa shape index (κ1) is 17.0. The Balaban J connectivity index is 2.10. The molecule has 0 atom stereocenters. The van der Waals surface area contributed by atoms with Gasteiger partial charge in [-0.05, 0) is 44.0 Å². The van der Waals surface area contributed by atoms with Gasteiger partial charge in [0.15, 0.2) is 0 Å². The van der Waals surface area contributed by atoms with Gasteiger partial charge in [-0.2, -0.15) is 4.31 Å². The highest BCUT2D eigenvalue weighted by atomic mass is 35.5. The van der Waals surface area contributed by atoms with Gasteiger partial charge in [0, 0.05) is 13.1 Å². The minimum Gasteiger partial charge on any atom is -0.317 e. The summed E-state index contributed by atoms with van der Waals surface area (Å²) < 4.78 is 26.8. The van der Waals surface area contributed by atoms with Gasteiger partial charge in [-0.1, -0.05) is 36.2 Å². The summed E-state index contributed by atoms with van der Waals surface area (Å²) in [6, 6.07) is 4.71. The van der Waals surface area contributed by atoms with Gasteiger partial charge in [0.1, 0.15) is 4.90 Å². The van der Waals surface area contributed by atoms with Gasteiger partial charge in [0.25, 0.3) is 0 Å². The van der Waals surface area contributed by atoms with Gasteiger partial charge < -0.3 is 5.32 Å². The highest BCUT2D eigenvalue weighted by molar-refractivity contribution is 7.89. The predicted molar refractivity (Wildman–Crippen MR) is 86.5 cm³/mol. The van der Waals surface area contributed by atoms with Crippen LogP contribution in [0.5, 0.6) is 0 Å². The monoisotopic (exact) mass is 350 g/mol. The van der Waals surface area contributed by atoms with Gasteiger partial charge in [-0.15, -0.1) is 0 Å². The number of nitrogens with zero attached hydrogens (tertiary/aromatic N) is 1. The molecule has 0 aromatic heterocycles. The van der Waals surface area contributed by atoms with Crippen molar-refractivity contribution in [1.29, 1.82) is 0 Å². The summed E-state index contributed by atoms with van der Waals surface area (Å²) in [5.41, 5.74) is 0. The molecule has 1 aliphatic heterocycles. The molecular weight excluding hydrogens is 331 g/mol. The van der Waals surface area contributed by atoms with Crippen molar-refractivity contribution >= 4 is 33.2 Å². The first-order valence-corrected chi connectivity index (χ1v) is 9.31. The van der Waals surface area contributed by atoms with Crippen molar-refractivity contribution in [3.8, 4) is 0 Å². The van der Waals surface area contributed by atoms with Gasteiger partial charge >= 0.3 is 0 Å². The lowest BCUT2D eigenvalue weighted by atomic mass is 9.98. The maximum absolute atomic E-state index is 12.6. The van der Waals surface area contributed by atoms with Gasteiger partial charge in [0.2, 0.25) is 10.0 Å². The molecule has 1 aromatic rings. The highest BCUT2D eigenvalue weighted by Gasteiger charge is 2.31. The van der Waals surface area contributed by atoms with Crippen LogP contribution < -0.4 is 5.32 Å². The molecule has 1 aromatic carbocycles. The number of rotatable bonds is 5.